The lowest BCUT2D eigenvalue weighted by molar-refractivity contribution is -0.0631. The largest absolute Gasteiger partial charge is 0.394 e. The van der Waals surface area contributed by atoms with Gasteiger partial charge in [-0.05, 0) is 36.8 Å². The molecule has 2 heterocycles. The van der Waals surface area contributed by atoms with Crippen LogP contribution in [0.3, 0.4) is 0 Å². The van der Waals surface area contributed by atoms with Crippen molar-refractivity contribution in [3.63, 3.8) is 0 Å². The van der Waals surface area contributed by atoms with Crippen LogP contribution in [0.5, 0.6) is 0 Å². The zero-order chi connectivity index (χ0) is 24.9. The van der Waals surface area contributed by atoms with Crippen molar-refractivity contribution in [2.24, 2.45) is 0 Å². The van der Waals surface area contributed by atoms with Crippen LogP contribution in [0.1, 0.15) is 50.1 Å². The summed E-state index contributed by atoms with van der Waals surface area (Å²) in [4.78, 5) is 9.06. The maximum absolute atomic E-state index is 14.5. The molecular formula is C23H29F2N5O4S. The molecule has 35 heavy (non-hydrogen) atoms. The number of thioether (sulfide) groups is 1. The SMILES string of the molecule is CCCSc1nc(N)c2c(n1)n(C1CC(OCCO)C(O)C1O)n2-c1cc(F)c(F)cc1C1CC1. The molecule has 2 aromatic heterocycles. The average molecular weight is 510 g/mol. The summed E-state index contributed by atoms with van der Waals surface area (Å²) in [7, 11) is 0. The lowest BCUT2D eigenvalue weighted by atomic mass is 10.1. The van der Waals surface area contributed by atoms with Crippen molar-refractivity contribution < 1.29 is 28.8 Å². The van der Waals surface area contributed by atoms with Gasteiger partial charge in [0.2, 0.25) is 0 Å². The van der Waals surface area contributed by atoms with E-state index in [2.05, 4.69) is 9.97 Å². The normalized spacial score (nSPS) is 24.6. The van der Waals surface area contributed by atoms with Gasteiger partial charge in [0.15, 0.2) is 28.3 Å². The Balaban J connectivity index is 1.67. The summed E-state index contributed by atoms with van der Waals surface area (Å²) in [5.41, 5.74) is 8.27. The topological polar surface area (TPSA) is 132 Å². The molecule has 2 aliphatic rings. The molecule has 2 fully saturated rings. The molecule has 12 heteroatoms. The number of aliphatic hydroxyl groups excluding tert-OH is 3. The number of hydrogen-bond donors (Lipinski definition) is 4. The highest BCUT2D eigenvalue weighted by Crippen LogP contribution is 2.46. The van der Waals surface area contributed by atoms with Gasteiger partial charge in [-0.2, -0.15) is 0 Å². The fourth-order valence-corrected chi connectivity index (χ4v) is 5.50. The second-order valence-corrected chi connectivity index (χ2v) is 10.1. The van der Waals surface area contributed by atoms with Gasteiger partial charge >= 0.3 is 0 Å². The Hall–Kier alpha value is -2.25. The van der Waals surface area contributed by atoms with E-state index in [1.807, 2.05) is 6.92 Å². The first-order valence-corrected chi connectivity index (χ1v) is 12.8. The van der Waals surface area contributed by atoms with Crippen molar-refractivity contribution in [1.82, 2.24) is 19.3 Å². The second kappa shape index (κ2) is 9.66. The van der Waals surface area contributed by atoms with Gasteiger partial charge in [0.1, 0.15) is 17.7 Å². The Morgan fingerprint density at radius 3 is 2.60 bits per heavy atom. The number of nitrogens with zero attached hydrogens (tertiary/aromatic N) is 4. The number of halogens is 2. The van der Waals surface area contributed by atoms with Gasteiger partial charge in [-0.3, -0.25) is 4.68 Å². The fraction of sp³-hybridized carbons (Fsp3) is 0.565. The molecule has 0 saturated heterocycles. The number of ether oxygens (including phenoxy) is 1. The number of hydrogen-bond acceptors (Lipinski definition) is 8. The van der Waals surface area contributed by atoms with Crippen LogP contribution in [-0.2, 0) is 4.74 Å². The van der Waals surface area contributed by atoms with Crippen molar-refractivity contribution in [2.45, 2.75) is 68.0 Å². The van der Waals surface area contributed by atoms with Crippen LogP contribution in [-0.4, -0.2) is 71.9 Å². The third-order valence-electron chi connectivity index (χ3n) is 6.60. The van der Waals surface area contributed by atoms with Crippen molar-refractivity contribution in [2.75, 3.05) is 24.7 Å². The van der Waals surface area contributed by atoms with Crippen molar-refractivity contribution in [3.8, 4) is 5.69 Å². The first-order chi connectivity index (χ1) is 16.8. The molecule has 1 aromatic carbocycles. The quantitative estimate of drug-likeness (QED) is 0.256. The van der Waals surface area contributed by atoms with Crippen molar-refractivity contribution in [3.05, 3.63) is 29.3 Å². The van der Waals surface area contributed by atoms with E-state index in [1.165, 1.54) is 17.8 Å². The Labute approximate surface area is 204 Å². The molecule has 2 aliphatic carbocycles. The van der Waals surface area contributed by atoms with E-state index in [0.717, 1.165) is 31.1 Å². The molecule has 0 radical (unpaired) electrons. The Kier molecular flexibility index (Phi) is 6.75. The van der Waals surface area contributed by atoms with Crippen LogP contribution in [0.25, 0.3) is 16.9 Å². The maximum atomic E-state index is 14.5. The molecule has 190 valence electrons. The van der Waals surface area contributed by atoms with E-state index in [1.54, 1.807) is 9.36 Å². The summed E-state index contributed by atoms with van der Waals surface area (Å²) in [5, 5.41) is 31.1. The summed E-state index contributed by atoms with van der Waals surface area (Å²) >= 11 is 1.45. The van der Waals surface area contributed by atoms with Gasteiger partial charge in [-0.15, -0.1) is 0 Å². The van der Waals surface area contributed by atoms with E-state index in [9.17, 15) is 19.0 Å². The number of rotatable bonds is 9. The van der Waals surface area contributed by atoms with Gasteiger partial charge in [0, 0.05) is 18.2 Å². The zero-order valence-corrected chi connectivity index (χ0v) is 20.1. The van der Waals surface area contributed by atoms with Crippen molar-refractivity contribution >= 4 is 28.7 Å². The molecule has 9 nitrogen and oxygen atoms in total. The molecule has 3 aromatic rings. The lowest BCUT2D eigenvalue weighted by Crippen LogP contribution is -2.36. The molecule has 4 atom stereocenters. The maximum Gasteiger partial charge on any atom is 0.191 e. The molecule has 4 unspecified atom stereocenters. The van der Waals surface area contributed by atoms with E-state index >= 15 is 0 Å². The zero-order valence-electron chi connectivity index (χ0n) is 19.3. The molecule has 0 aliphatic heterocycles. The molecule has 0 spiro atoms. The van der Waals surface area contributed by atoms with Crippen LogP contribution in [0, 0.1) is 11.6 Å². The van der Waals surface area contributed by atoms with E-state index < -0.39 is 36.0 Å². The average Bonchev–Trinajstić information content (AvgIpc) is 3.63. The van der Waals surface area contributed by atoms with Crippen LogP contribution >= 0.6 is 11.8 Å². The molecule has 0 bridgehead atoms. The number of aliphatic hydroxyl groups is 3. The number of benzene rings is 1. The minimum Gasteiger partial charge on any atom is -0.394 e. The summed E-state index contributed by atoms with van der Waals surface area (Å²) in [6.07, 6.45) is -0.266. The predicted molar refractivity (Wildman–Crippen MR) is 127 cm³/mol. The molecular weight excluding hydrogens is 480 g/mol. The fourth-order valence-electron chi connectivity index (χ4n) is 4.80. The molecule has 2 saturated carbocycles. The molecule has 0 amide bonds. The van der Waals surface area contributed by atoms with Gasteiger partial charge in [-0.25, -0.2) is 23.4 Å². The summed E-state index contributed by atoms with van der Waals surface area (Å²) < 4.78 is 37.5. The van der Waals surface area contributed by atoms with Crippen LogP contribution in [0.15, 0.2) is 17.3 Å². The summed E-state index contributed by atoms with van der Waals surface area (Å²) in [6, 6.07) is 1.67. The van der Waals surface area contributed by atoms with Gasteiger partial charge in [0.25, 0.3) is 0 Å². The third-order valence-corrected chi connectivity index (χ3v) is 7.66. The lowest BCUT2D eigenvalue weighted by Gasteiger charge is -2.33. The highest BCUT2D eigenvalue weighted by molar-refractivity contribution is 7.99. The third kappa shape index (κ3) is 4.31. The predicted octanol–water partition coefficient (Wildman–Crippen LogP) is 2.51. The number of nitrogens with two attached hydrogens (primary N) is 1. The van der Waals surface area contributed by atoms with Gasteiger partial charge in [0.05, 0.1) is 31.0 Å². The van der Waals surface area contributed by atoms with Gasteiger partial charge < -0.3 is 25.8 Å². The number of fused-ring (bicyclic) bond motifs is 1. The van der Waals surface area contributed by atoms with E-state index in [0.29, 0.717) is 27.6 Å². The van der Waals surface area contributed by atoms with E-state index in [4.69, 9.17) is 15.6 Å². The number of nitrogen functional groups attached to an aromatic ring is 1. The van der Waals surface area contributed by atoms with E-state index in [-0.39, 0.29) is 31.4 Å². The Morgan fingerprint density at radius 2 is 1.91 bits per heavy atom. The highest BCUT2D eigenvalue weighted by Gasteiger charge is 2.46. The molecule has 5 rings (SSSR count). The second-order valence-electron chi connectivity index (χ2n) is 9.08. The standard InChI is InChI=1S/C23H29F2N5O4S/c1-2-7-35-23-27-21(26)18-22(28-23)30(16-10-17(34-6-5-31)20(33)19(16)32)29(18)15-9-14(25)13(24)8-12(15)11-3-4-11/h8-9,11,16-17,19-20,31-33H,2-7,10H2,1H3,(H2,26,27,28). The minimum absolute atomic E-state index is 0.0173. The van der Waals surface area contributed by atoms with Gasteiger partial charge in [-0.1, -0.05) is 18.7 Å². The first-order valence-electron chi connectivity index (χ1n) is 11.8. The highest BCUT2D eigenvalue weighted by atomic mass is 32.2. The Morgan fingerprint density at radius 1 is 1.17 bits per heavy atom. The molecule has 5 N–H and O–H groups in total. The van der Waals surface area contributed by atoms with Crippen LogP contribution < -0.4 is 5.73 Å². The minimum atomic E-state index is -1.22. The number of aromatic nitrogens is 4. The van der Waals surface area contributed by atoms with Crippen molar-refractivity contribution in [1.29, 1.82) is 0 Å². The summed E-state index contributed by atoms with van der Waals surface area (Å²) in [6.45, 7) is 1.84. The first kappa shape index (κ1) is 24.4. The van der Waals surface area contributed by atoms with Crippen LogP contribution in [0.2, 0.25) is 0 Å². The Bertz CT molecular complexity index is 1230. The number of anilines is 1. The summed E-state index contributed by atoms with van der Waals surface area (Å²) in [5.74, 6) is -0.848. The monoisotopic (exact) mass is 509 g/mol. The van der Waals surface area contributed by atoms with Crippen LogP contribution in [0.4, 0.5) is 14.6 Å². The smallest absolute Gasteiger partial charge is 0.191 e.